The molecule has 1 aliphatic carbocycles. The lowest BCUT2D eigenvalue weighted by molar-refractivity contribution is -0.144. The largest absolute Gasteiger partial charge is 0.461 e. The Kier molecular flexibility index (Phi) is 4.29. The maximum atomic E-state index is 12.9. The van der Waals surface area contributed by atoms with Gasteiger partial charge in [0, 0.05) is 17.0 Å². The van der Waals surface area contributed by atoms with Crippen LogP contribution in [0, 0.1) is 5.82 Å². The molecule has 0 unspecified atom stereocenters. The van der Waals surface area contributed by atoms with E-state index in [1.165, 1.54) is 29.3 Å². The average Bonchev–Trinajstić information content (AvgIpc) is 3.07. The molecule has 0 saturated heterocycles. The molecule has 2 aromatic carbocycles. The van der Waals surface area contributed by atoms with E-state index in [9.17, 15) is 14.0 Å². The van der Waals surface area contributed by atoms with Crippen molar-refractivity contribution >= 4 is 16.9 Å². The van der Waals surface area contributed by atoms with Crippen LogP contribution in [0.25, 0.3) is 11.0 Å². The highest BCUT2D eigenvalue weighted by molar-refractivity contribution is 5.82. The van der Waals surface area contributed by atoms with Crippen LogP contribution < -0.4 is 5.63 Å². The van der Waals surface area contributed by atoms with E-state index < -0.39 is 11.6 Å². The van der Waals surface area contributed by atoms with Crippen molar-refractivity contribution in [1.29, 1.82) is 0 Å². The Hall–Kier alpha value is -2.95. The molecule has 0 N–H and O–H groups in total. The van der Waals surface area contributed by atoms with Gasteiger partial charge in [0.15, 0.2) is 0 Å². The van der Waals surface area contributed by atoms with E-state index in [1.54, 1.807) is 12.1 Å². The predicted molar refractivity (Wildman–Crippen MR) is 94.4 cm³/mol. The van der Waals surface area contributed by atoms with Gasteiger partial charge in [0.1, 0.15) is 18.0 Å². The van der Waals surface area contributed by atoms with Crippen LogP contribution in [0.4, 0.5) is 4.39 Å². The van der Waals surface area contributed by atoms with Gasteiger partial charge in [-0.2, -0.15) is 0 Å². The second-order valence-electron chi connectivity index (χ2n) is 6.53. The molecular weight excluding hydrogens is 335 g/mol. The summed E-state index contributed by atoms with van der Waals surface area (Å²) in [7, 11) is 0. The molecule has 1 aliphatic rings. The third kappa shape index (κ3) is 3.38. The first kappa shape index (κ1) is 16.5. The second-order valence-corrected chi connectivity index (χ2v) is 6.53. The minimum Gasteiger partial charge on any atom is -0.461 e. The van der Waals surface area contributed by atoms with Crippen LogP contribution in [-0.2, 0) is 35.4 Å². The molecule has 1 aromatic heterocycles. The molecule has 0 fully saturated rings. The first-order valence-electron chi connectivity index (χ1n) is 8.57. The van der Waals surface area contributed by atoms with Gasteiger partial charge in [-0.1, -0.05) is 12.1 Å². The summed E-state index contributed by atoms with van der Waals surface area (Å²) in [6.45, 7) is 0.000907. The quantitative estimate of drug-likeness (QED) is 0.531. The summed E-state index contributed by atoms with van der Waals surface area (Å²) in [4.78, 5) is 23.9. The van der Waals surface area contributed by atoms with Crippen LogP contribution in [-0.4, -0.2) is 5.97 Å². The molecule has 4 rings (SSSR count). The monoisotopic (exact) mass is 352 g/mol. The van der Waals surface area contributed by atoms with E-state index in [-0.39, 0.29) is 18.8 Å². The molecule has 4 nitrogen and oxygen atoms in total. The van der Waals surface area contributed by atoms with E-state index in [0.29, 0.717) is 16.7 Å². The van der Waals surface area contributed by atoms with E-state index in [4.69, 9.17) is 9.15 Å². The normalized spacial score (nSPS) is 13.0. The molecule has 3 aromatic rings. The van der Waals surface area contributed by atoms with Gasteiger partial charge >= 0.3 is 11.6 Å². The summed E-state index contributed by atoms with van der Waals surface area (Å²) in [5.41, 5.74) is 3.85. The summed E-state index contributed by atoms with van der Waals surface area (Å²) in [6, 6.07) is 11.0. The Balaban J connectivity index is 1.54. The fourth-order valence-electron chi connectivity index (χ4n) is 3.39. The number of carbonyl (C=O) groups is 1. The minimum absolute atomic E-state index is 0.000907. The fourth-order valence-corrected chi connectivity index (χ4v) is 3.39. The molecule has 0 spiro atoms. The molecule has 5 heteroatoms. The van der Waals surface area contributed by atoms with Crippen molar-refractivity contribution in [3.63, 3.8) is 0 Å². The standard InChI is InChI=1S/C21H17FO4/c22-17-6-4-13(5-7-17)8-20(23)25-12-16-11-21(24)26-19-10-15-3-1-2-14(15)9-18(16)19/h4-7,9-11H,1-3,8,12H2. The van der Waals surface area contributed by atoms with Gasteiger partial charge in [-0.3, -0.25) is 4.79 Å². The second kappa shape index (κ2) is 6.75. The number of ether oxygens (including phenoxy) is 1. The zero-order valence-corrected chi connectivity index (χ0v) is 14.1. The zero-order chi connectivity index (χ0) is 18.1. The van der Waals surface area contributed by atoms with E-state index in [2.05, 4.69) is 0 Å². The molecule has 0 radical (unpaired) electrons. The maximum absolute atomic E-state index is 12.9. The third-order valence-corrected chi connectivity index (χ3v) is 4.69. The fraction of sp³-hybridized carbons (Fsp3) is 0.238. The van der Waals surface area contributed by atoms with Crippen LogP contribution >= 0.6 is 0 Å². The van der Waals surface area contributed by atoms with Crippen molar-refractivity contribution in [2.24, 2.45) is 0 Å². The van der Waals surface area contributed by atoms with Gasteiger partial charge in [0.25, 0.3) is 0 Å². The first-order valence-corrected chi connectivity index (χ1v) is 8.57. The van der Waals surface area contributed by atoms with Gasteiger partial charge in [0.05, 0.1) is 6.42 Å². The lowest BCUT2D eigenvalue weighted by Gasteiger charge is -2.09. The molecule has 0 aliphatic heterocycles. The number of esters is 1. The van der Waals surface area contributed by atoms with Crippen molar-refractivity contribution in [3.8, 4) is 0 Å². The lowest BCUT2D eigenvalue weighted by atomic mass is 10.0. The topological polar surface area (TPSA) is 56.5 Å². The number of rotatable bonds is 4. The molecule has 132 valence electrons. The van der Waals surface area contributed by atoms with Gasteiger partial charge in [-0.15, -0.1) is 0 Å². The Morgan fingerprint density at radius 1 is 1.08 bits per heavy atom. The Morgan fingerprint density at radius 3 is 2.58 bits per heavy atom. The first-order chi connectivity index (χ1) is 12.6. The smallest absolute Gasteiger partial charge is 0.336 e. The van der Waals surface area contributed by atoms with Gasteiger partial charge in [0.2, 0.25) is 0 Å². The van der Waals surface area contributed by atoms with Gasteiger partial charge in [-0.05, 0) is 60.2 Å². The molecule has 0 bridgehead atoms. The third-order valence-electron chi connectivity index (χ3n) is 4.69. The van der Waals surface area contributed by atoms with Crippen molar-refractivity contribution in [3.05, 3.63) is 81.0 Å². The zero-order valence-electron chi connectivity index (χ0n) is 14.1. The molecule has 1 heterocycles. The minimum atomic E-state index is -0.458. The van der Waals surface area contributed by atoms with Crippen LogP contribution in [0.2, 0.25) is 0 Å². The van der Waals surface area contributed by atoms with Crippen molar-refractivity contribution in [2.45, 2.75) is 32.3 Å². The van der Waals surface area contributed by atoms with Crippen molar-refractivity contribution < 1.29 is 18.3 Å². The predicted octanol–water partition coefficient (Wildman–Crippen LogP) is 3.71. The number of carbonyl (C=O) groups excluding carboxylic acids is 1. The van der Waals surface area contributed by atoms with Crippen molar-refractivity contribution in [1.82, 2.24) is 0 Å². The number of aryl methyl sites for hydroxylation is 2. The number of halogens is 1. The Morgan fingerprint density at radius 2 is 1.81 bits per heavy atom. The highest BCUT2D eigenvalue weighted by Gasteiger charge is 2.16. The molecule has 0 atom stereocenters. The van der Waals surface area contributed by atoms with Gasteiger partial charge in [-0.25, -0.2) is 9.18 Å². The highest BCUT2D eigenvalue weighted by atomic mass is 19.1. The van der Waals surface area contributed by atoms with Crippen LogP contribution in [0.5, 0.6) is 0 Å². The molecule has 0 saturated carbocycles. The van der Waals surface area contributed by atoms with Crippen LogP contribution in [0.3, 0.4) is 0 Å². The Labute approximate surface area is 149 Å². The Bertz CT molecular complexity index is 1030. The summed E-state index contributed by atoms with van der Waals surface area (Å²) < 4.78 is 23.6. The van der Waals surface area contributed by atoms with E-state index in [0.717, 1.165) is 24.6 Å². The summed E-state index contributed by atoms with van der Waals surface area (Å²) in [6.07, 6.45) is 3.15. The number of hydrogen-bond acceptors (Lipinski definition) is 4. The number of benzene rings is 2. The molecule has 0 amide bonds. The van der Waals surface area contributed by atoms with Crippen LogP contribution in [0.15, 0.2) is 51.7 Å². The van der Waals surface area contributed by atoms with Crippen molar-refractivity contribution in [2.75, 3.05) is 0 Å². The highest BCUT2D eigenvalue weighted by Crippen LogP contribution is 2.28. The summed E-state index contributed by atoms with van der Waals surface area (Å²) >= 11 is 0. The van der Waals surface area contributed by atoms with E-state index in [1.807, 2.05) is 12.1 Å². The number of fused-ring (bicyclic) bond motifs is 2. The molecule has 26 heavy (non-hydrogen) atoms. The van der Waals surface area contributed by atoms with E-state index >= 15 is 0 Å². The summed E-state index contributed by atoms with van der Waals surface area (Å²) in [5, 5.41) is 0.805. The molecular formula is C21H17FO4. The number of hydrogen-bond donors (Lipinski definition) is 0. The maximum Gasteiger partial charge on any atom is 0.336 e. The average molecular weight is 352 g/mol. The van der Waals surface area contributed by atoms with Crippen LogP contribution in [0.1, 0.15) is 28.7 Å². The summed E-state index contributed by atoms with van der Waals surface area (Å²) in [5.74, 6) is -0.781. The lowest BCUT2D eigenvalue weighted by Crippen LogP contribution is -2.10. The SMILES string of the molecule is O=C(Cc1ccc(F)cc1)OCc1cc(=O)oc2cc3c(cc12)CCC3. The van der Waals surface area contributed by atoms with Gasteiger partial charge < -0.3 is 9.15 Å².